The van der Waals surface area contributed by atoms with Gasteiger partial charge < -0.3 is 5.73 Å². The van der Waals surface area contributed by atoms with E-state index in [1.165, 1.54) is 0 Å². The second-order valence-corrected chi connectivity index (χ2v) is 5.02. The summed E-state index contributed by atoms with van der Waals surface area (Å²) in [6.07, 6.45) is 1.97. The van der Waals surface area contributed by atoms with Crippen LogP contribution in [-0.4, -0.2) is 28.2 Å². The van der Waals surface area contributed by atoms with Crippen LogP contribution in [-0.2, 0) is 0 Å². The molecular formula is C5H10Cl4N2S. The van der Waals surface area contributed by atoms with Crippen molar-refractivity contribution in [2.24, 2.45) is 10.7 Å². The van der Waals surface area contributed by atoms with Gasteiger partial charge in [-0.05, 0) is 6.26 Å². The van der Waals surface area contributed by atoms with E-state index in [0.29, 0.717) is 6.54 Å². The van der Waals surface area contributed by atoms with E-state index in [2.05, 4.69) is 4.99 Å². The van der Waals surface area contributed by atoms with Gasteiger partial charge in [-0.15, -0.1) is 12.4 Å². The smallest absolute Gasteiger partial charge is 0.247 e. The molecule has 0 aliphatic heterocycles. The zero-order valence-corrected chi connectivity index (χ0v) is 10.3. The summed E-state index contributed by atoms with van der Waals surface area (Å²) < 4.78 is -1.56. The molecule has 0 amide bonds. The van der Waals surface area contributed by atoms with Gasteiger partial charge in [-0.1, -0.05) is 34.8 Å². The van der Waals surface area contributed by atoms with Crippen LogP contribution in [0.1, 0.15) is 0 Å². The van der Waals surface area contributed by atoms with E-state index in [1.54, 1.807) is 11.8 Å². The minimum absolute atomic E-state index is 0. The molecule has 2 N–H and O–H groups in total. The Balaban J connectivity index is 0. The van der Waals surface area contributed by atoms with Crippen LogP contribution in [0.3, 0.4) is 0 Å². The zero-order chi connectivity index (χ0) is 8.91. The van der Waals surface area contributed by atoms with E-state index in [0.717, 1.165) is 5.75 Å². The van der Waals surface area contributed by atoms with E-state index in [9.17, 15) is 0 Å². The van der Waals surface area contributed by atoms with Crippen LogP contribution in [0.2, 0.25) is 0 Å². The fraction of sp³-hybridized carbons (Fsp3) is 0.800. The molecule has 0 atom stereocenters. The molecule has 2 nitrogen and oxygen atoms in total. The Kier molecular flexibility index (Phi) is 9.52. The minimum Gasteiger partial charge on any atom is -0.384 e. The highest BCUT2D eigenvalue weighted by Gasteiger charge is 2.24. The van der Waals surface area contributed by atoms with E-state index in [1.807, 2.05) is 6.26 Å². The van der Waals surface area contributed by atoms with Gasteiger partial charge >= 0.3 is 0 Å². The SMILES string of the molecule is CSCCN=C(N)C(Cl)(Cl)Cl.Cl. The fourth-order valence-corrected chi connectivity index (χ4v) is 0.800. The lowest BCUT2D eigenvalue weighted by Gasteiger charge is -2.08. The van der Waals surface area contributed by atoms with Crippen molar-refractivity contribution < 1.29 is 0 Å². The molecule has 12 heavy (non-hydrogen) atoms. The lowest BCUT2D eigenvalue weighted by atomic mass is 10.6. The molecule has 0 spiro atoms. The van der Waals surface area contributed by atoms with Crippen molar-refractivity contribution in [2.75, 3.05) is 18.6 Å². The number of nitrogens with zero attached hydrogens (tertiary/aromatic N) is 1. The van der Waals surface area contributed by atoms with E-state index in [4.69, 9.17) is 40.5 Å². The number of halogens is 4. The summed E-state index contributed by atoms with van der Waals surface area (Å²) in [6.45, 7) is 0.584. The largest absolute Gasteiger partial charge is 0.384 e. The van der Waals surface area contributed by atoms with Crippen LogP contribution in [0.5, 0.6) is 0 Å². The molecule has 0 aliphatic rings. The first-order chi connectivity index (χ1) is 4.98. The lowest BCUT2D eigenvalue weighted by Crippen LogP contribution is -2.28. The summed E-state index contributed by atoms with van der Waals surface area (Å²) in [4.78, 5) is 3.86. The predicted molar refractivity (Wildman–Crippen MR) is 62.4 cm³/mol. The van der Waals surface area contributed by atoms with Crippen LogP contribution in [0.25, 0.3) is 0 Å². The van der Waals surface area contributed by atoms with Gasteiger partial charge in [0.25, 0.3) is 0 Å². The fourth-order valence-electron chi connectivity index (χ4n) is 0.347. The maximum Gasteiger partial charge on any atom is 0.247 e. The topological polar surface area (TPSA) is 38.4 Å². The quantitative estimate of drug-likeness (QED) is 0.371. The van der Waals surface area contributed by atoms with Crippen molar-refractivity contribution in [2.45, 2.75) is 3.79 Å². The standard InChI is InChI=1S/C5H9Cl3N2S.ClH/c1-11-3-2-10-4(9)5(6,7)8;/h2-3H2,1H3,(H2,9,10);1H. The van der Waals surface area contributed by atoms with Crippen LogP contribution in [0.4, 0.5) is 0 Å². The van der Waals surface area contributed by atoms with Crippen molar-refractivity contribution in [3.05, 3.63) is 0 Å². The maximum absolute atomic E-state index is 5.43. The normalized spacial score (nSPS) is 12.5. The van der Waals surface area contributed by atoms with Crippen LogP contribution >= 0.6 is 59.0 Å². The summed E-state index contributed by atoms with van der Waals surface area (Å²) in [5, 5.41) is 0. The van der Waals surface area contributed by atoms with Gasteiger partial charge in [-0.2, -0.15) is 11.8 Å². The third-order valence-electron chi connectivity index (χ3n) is 0.868. The zero-order valence-electron chi connectivity index (χ0n) is 6.39. The number of amidine groups is 1. The van der Waals surface area contributed by atoms with Gasteiger partial charge in [0.2, 0.25) is 3.79 Å². The van der Waals surface area contributed by atoms with Crippen molar-refractivity contribution >= 4 is 64.8 Å². The predicted octanol–water partition coefficient (Wildman–Crippen LogP) is 2.50. The highest BCUT2D eigenvalue weighted by Crippen LogP contribution is 2.25. The number of hydrogen-bond acceptors (Lipinski definition) is 2. The lowest BCUT2D eigenvalue weighted by molar-refractivity contribution is 1.12. The molecular weight excluding hydrogens is 262 g/mol. The van der Waals surface area contributed by atoms with Gasteiger partial charge in [-0.25, -0.2) is 0 Å². The van der Waals surface area contributed by atoms with Gasteiger partial charge in [0.1, 0.15) is 5.84 Å². The molecule has 0 aliphatic carbocycles. The molecule has 7 heteroatoms. The van der Waals surface area contributed by atoms with Crippen LogP contribution < -0.4 is 5.73 Å². The molecule has 0 aromatic rings. The third kappa shape index (κ3) is 7.62. The monoisotopic (exact) mass is 270 g/mol. The minimum atomic E-state index is -1.56. The number of alkyl halides is 3. The van der Waals surface area contributed by atoms with Crippen LogP contribution in [0, 0.1) is 0 Å². The Morgan fingerprint density at radius 2 is 2.00 bits per heavy atom. The second kappa shape index (κ2) is 7.39. The van der Waals surface area contributed by atoms with Gasteiger partial charge in [0, 0.05) is 5.75 Å². The number of thioether (sulfide) groups is 1. The summed E-state index contributed by atoms with van der Waals surface area (Å²) in [7, 11) is 0. The van der Waals surface area contributed by atoms with E-state index in [-0.39, 0.29) is 18.2 Å². The first kappa shape index (κ1) is 15.5. The van der Waals surface area contributed by atoms with Gasteiger partial charge in [-0.3, -0.25) is 4.99 Å². The molecule has 0 fully saturated rings. The Morgan fingerprint density at radius 3 is 2.33 bits per heavy atom. The third-order valence-corrected chi connectivity index (χ3v) is 2.04. The first-order valence-corrected chi connectivity index (χ1v) is 5.37. The molecule has 0 heterocycles. The average Bonchev–Trinajstić information content (AvgIpc) is 1.86. The Bertz CT molecular complexity index is 145. The van der Waals surface area contributed by atoms with Crippen molar-refractivity contribution in [3.8, 4) is 0 Å². The summed E-state index contributed by atoms with van der Waals surface area (Å²) in [5.41, 5.74) is 5.34. The number of aliphatic imine (C=N–C) groups is 1. The number of hydrogen-bond donors (Lipinski definition) is 1. The van der Waals surface area contributed by atoms with Gasteiger partial charge in [0.05, 0.1) is 6.54 Å². The van der Waals surface area contributed by atoms with Gasteiger partial charge in [0.15, 0.2) is 0 Å². The summed E-state index contributed by atoms with van der Waals surface area (Å²) in [6, 6.07) is 0. The molecule has 0 radical (unpaired) electrons. The number of nitrogens with two attached hydrogens (primary N) is 1. The maximum atomic E-state index is 5.43. The molecule has 0 bridgehead atoms. The van der Waals surface area contributed by atoms with Crippen molar-refractivity contribution in [1.29, 1.82) is 0 Å². The van der Waals surface area contributed by atoms with Crippen molar-refractivity contribution in [3.63, 3.8) is 0 Å². The Hall–Kier alpha value is 0.980. The molecule has 0 saturated heterocycles. The Morgan fingerprint density at radius 1 is 1.50 bits per heavy atom. The molecule has 74 valence electrons. The number of rotatable bonds is 3. The molecule has 0 unspecified atom stereocenters. The summed E-state index contributed by atoms with van der Waals surface area (Å²) in [5.74, 6) is 0.929. The van der Waals surface area contributed by atoms with E-state index < -0.39 is 3.79 Å². The van der Waals surface area contributed by atoms with Crippen LogP contribution in [0.15, 0.2) is 4.99 Å². The molecule has 0 rings (SSSR count). The highest BCUT2D eigenvalue weighted by molar-refractivity contribution is 7.98. The molecule has 0 saturated carbocycles. The Labute approximate surface area is 97.6 Å². The average molecular weight is 272 g/mol. The molecule has 0 aromatic carbocycles. The molecule has 0 aromatic heterocycles. The highest BCUT2D eigenvalue weighted by atomic mass is 35.6. The van der Waals surface area contributed by atoms with Crippen molar-refractivity contribution in [1.82, 2.24) is 0 Å². The first-order valence-electron chi connectivity index (χ1n) is 2.84. The van der Waals surface area contributed by atoms with E-state index >= 15 is 0 Å². The second-order valence-electron chi connectivity index (χ2n) is 1.76. The summed E-state index contributed by atoms with van der Waals surface area (Å²) >= 11 is 18.0.